The van der Waals surface area contributed by atoms with Gasteiger partial charge in [0.15, 0.2) is 5.83 Å². The van der Waals surface area contributed by atoms with Crippen LogP contribution >= 0.6 is 0 Å². The minimum Gasteiger partial charge on any atom is -0.208 e. The lowest BCUT2D eigenvalue weighted by molar-refractivity contribution is 0.261. The molecule has 0 aromatic heterocycles. The molecule has 0 N–H and O–H groups in total. The molecule has 1 saturated carbocycles. The van der Waals surface area contributed by atoms with Crippen molar-refractivity contribution >= 4 is 5.83 Å². The molecule has 3 heteroatoms. The van der Waals surface area contributed by atoms with E-state index >= 15 is 0 Å². The van der Waals surface area contributed by atoms with Crippen molar-refractivity contribution < 1.29 is 13.2 Å². The smallest absolute Gasteiger partial charge is 0.162 e. The van der Waals surface area contributed by atoms with Crippen molar-refractivity contribution in [2.75, 3.05) is 0 Å². The predicted octanol–water partition coefficient (Wildman–Crippen LogP) is 6.04. The number of allylic oxidation sites excluding steroid dienone is 1. The van der Waals surface area contributed by atoms with Gasteiger partial charge in [-0.3, -0.25) is 0 Å². The Morgan fingerprint density at radius 2 is 1.65 bits per heavy atom. The molecule has 0 heterocycles. The molecule has 110 valence electrons. The molecule has 0 nitrogen and oxygen atoms in total. The molecule has 0 radical (unpaired) electrons. The summed E-state index contributed by atoms with van der Waals surface area (Å²) >= 11 is 0. The zero-order valence-corrected chi connectivity index (χ0v) is 11.8. The molecule has 2 rings (SSSR count). The average molecular weight is 282 g/mol. The van der Waals surface area contributed by atoms with Crippen LogP contribution in [0.5, 0.6) is 0 Å². The van der Waals surface area contributed by atoms with Gasteiger partial charge in [-0.1, -0.05) is 19.8 Å². The van der Waals surface area contributed by atoms with Gasteiger partial charge in [-0.25, -0.2) is 13.2 Å². The van der Waals surface area contributed by atoms with Crippen LogP contribution in [-0.2, 0) is 0 Å². The van der Waals surface area contributed by atoms with Gasteiger partial charge < -0.3 is 0 Å². The first-order valence-electron chi connectivity index (χ1n) is 7.43. The van der Waals surface area contributed by atoms with E-state index in [2.05, 4.69) is 6.92 Å². The maximum atomic E-state index is 14.2. The molecular weight excluding hydrogens is 261 g/mol. The van der Waals surface area contributed by atoms with Crippen LogP contribution in [0.15, 0.2) is 30.1 Å². The third-order valence-corrected chi connectivity index (χ3v) is 4.21. The van der Waals surface area contributed by atoms with E-state index in [9.17, 15) is 13.2 Å². The Kier molecular flexibility index (Phi) is 5.27. The third kappa shape index (κ3) is 3.65. The number of benzene rings is 1. The Bertz CT molecular complexity index is 454. The topological polar surface area (TPSA) is 0 Å². The average Bonchev–Trinajstić information content (AvgIpc) is 2.48. The lowest BCUT2D eigenvalue weighted by Crippen LogP contribution is -2.15. The van der Waals surface area contributed by atoms with Gasteiger partial charge in [0.1, 0.15) is 11.6 Å². The van der Waals surface area contributed by atoms with Crippen molar-refractivity contribution in [3.63, 3.8) is 0 Å². The van der Waals surface area contributed by atoms with Crippen molar-refractivity contribution in [2.45, 2.75) is 45.4 Å². The van der Waals surface area contributed by atoms with Gasteiger partial charge in [0.25, 0.3) is 0 Å². The van der Waals surface area contributed by atoms with Crippen LogP contribution in [0.2, 0.25) is 0 Å². The van der Waals surface area contributed by atoms with Gasteiger partial charge >= 0.3 is 0 Å². The quantitative estimate of drug-likeness (QED) is 0.631. The van der Waals surface area contributed by atoms with Gasteiger partial charge in [-0.05, 0) is 55.9 Å². The molecule has 0 spiro atoms. The number of rotatable bonds is 4. The van der Waals surface area contributed by atoms with Gasteiger partial charge in [0.05, 0.1) is 0 Å². The lowest BCUT2D eigenvalue weighted by Gasteiger charge is -2.27. The molecule has 0 atom stereocenters. The molecule has 0 unspecified atom stereocenters. The van der Waals surface area contributed by atoms with Gasteiger partial charge in [-0.15, -0.1) is 0 Å². The normalized spacial score (nSPS) is 24.4. The summed E-state index contributed by atoms with van der Waals surface area (Å²) in [6.45, 7) is 2.15. The Morgan fingerprint density at radius 3 is 2.20 bits per heavy atom. The first kappa shape index (κ1) is 15.1. The standard InChI is InChI=1S/C17H21F3/c1-2-3-12-4-6-13(7-5-12)16(19)17(20)14-8-10-15(18)11-9-14/h8-13H,2-7H2,1H3/t12-,13-. The van der Waals surface area contributed by atoms with Crippen LogP contribution in [0, 0.1) is 17.7 Å². The lowest BCUT2D eigenvalue weighted by atomic mass is 9.79. The summed E-state index contributed by atoms with van der Waals surface area (Å²) in [4.78, 5) is 0. The van der Waals surface area contributed by atoms with Gasteiger partial charge in [0.2, 0.25) is 0 Å². The van der Waals surface area contributed by atoms with Crippen molar-refractivity contribution in [2.24, 2.45) is 11.8 Å². The SMILES string of the molecule is CCC[C@H]1CC[C@H](C(F)=C(F)c2ccc(F)cc2)CC1. The first-order chi connectivity index (χ1) is 9.61. The number of halogens is 3. The maximum absolute atomic E-state index is 14.2. The van der Waals surface area contributed by atoms with Crippen LogP contribution in [-0.4, -0.2) is 0 Å². The molecule has 20 heavy (non-hydrogen) atoms. The summed E-state index contributed by atoms with van der Waals surface area (Å²) in [5.41, 5.74) is 0.125. The van der Waals surface area contributed by atoms with Crippen LogP contribution < -0.4 is 0 Å². The summed E-state index contributed by atoms with van der Waals surface area (Å²) in [5.74, 6) is -1.58. The van der Waals surface area contributed by atoms with E-state index in [4.69, 9.17) is 0 Å². The van der Waals surface area contributed by atoms with Crippen molar-refractivity contribution in [3.8, 4) is 0 Å². The largest absolute Gasteiger partial charge is 0.208 e. The van der Waals surface area contributed by atoms with E-state index < -0.39 is 17.5 Å². The first-order valence-corrected chi connectivity index (χ1v) is 7.43. The molecule has 0 aliphatic heterocycles. The fraction of sp³-hybridized carbons (Fsp3) is 0.529. The fourth-order valence-corrected chi connectivity index (χ4v) is 3.03. The highest BCUT2D eigenvalue weighted by Crippen LogP contribution is 2.38. The zero-order valence-electron chi connectivity index (χ0n) is 11.8. The second-order valence-electron chi connectivity index (χ2n) is 5.68. The highest BCUT2D eigenvalue weighted by molar-refractivity contribution is 5.61. The molecule has 1 aliphatic rings. The molecule has 1 aromatic rings. The summed E-state index contributed by atoms with van der Waals surface area (Å²) in [7, 11) is 0. The van der Waals surface area contributed by atoms with E-state index in [1.807, 2.05) is 0 Å². The number of hydrogen-bond donors (Lipinski definition) is 0. The molecule has 0 saturated heterocycles. The van der Waals surface area contributed by atoms with Crippen molar-refractivity contribution in [1.82, 2.24) is 0 Å². The van der Waals surface area contributed by atoms with E-state index in [1.54, 1.807) is 0 Å². The molecule has 1 aromatic carbocycles. The van der Waals surface area contributed by atoms with Crippen molar-refractivity contribution in [3.05, 3.63) is 41.5 Å². The Morgan fingerprint density at radius 1 is 1.05 bits per heavy atom. The summed E-state index contributed by atoms with van der Waals surface area (Å²) < 4.78 is 41.1. The minimum atomic E-state index is -0.830. The fourth-order valence-electron chi connectivity index (χ4n) is 3.03. The highest BCUT2D eigenvalue weighted by atomic mass is 19.2. The maximum Gasteiger partial charge on any atom is 0.162 e. The second-order valence-corrected chi connectivity index (χ2v) is 5.68. The van der Waals surface area contributed by atoms with Crippen LogP contribution in [0.1, 0.15) is 51.0 Å². The molecule has 1 fully saturated rings. The molecule has 0 bridgehead atoms. The Balaban J connectivity index is 2.04. The van der Waals surface area contributed by atoms with Crippen molar-refractivity contribution in [1.29, 1.82) is 0 Å². The summed E-state index contributed by atoms with van der Waals surface area (Å²) in [5, 5.41) is 0. The van der Waals surface area contributed by atoms with E-state index in [-0.39, 0.29) is 11.5 Å². The van der Waals surface area contributed by atoms with E-state index in [0.717, 1.165) is 31.4 Å². The monoisotopic (exact) mass is 282 g/mol. The van der Waals surface area contributed by atoms with Crippen LogP contribution in [0.25, 0.3) is 5.83 Å². The minimum absolute atomic E-state index is 0.125. The third-order valence-electron chi connectivity index (χ3n) is 4.21. The van der Waals surface area contributed by atoms with E-state index in [0.29, 0.717) is 18.8 Å². The van der Waals surface area contributed by atoms with Gasteiger partial charge in [-0.2, -0.15) is 0 Å². The summed E-state index contributed by atoms with van der Waals surface area (Å²) in [6, 6.07) is 4.88. The molecule has 0 amide bonds. The zero-order chi connectivity index (χ0) is 14.5. The Labute approximate surface area is 118 Å². The molecule has 1 aliphatic carbocycles. The predicted molar refractivity (Wildman–Crippen MR) is 75.9 cm³/mol. The second kappa shape index (κ2) is 6.96. The van der Waals surface area contributed by atoms with Crippen LogP contribution in [0.3, 0.4) is 0 Å². The Hall–Kier alpha value is -1.25. The molecular formula is C17H21F3. The number of hydrogen-bond acceptors (Lipinski definition) is 0. The highest BCUT2D eigenvalue weighted by Gasteiger charge is 2.26. The van der Waals surface area contributed by atoms with Crippen LogP contribution in [0.4, 0.5) is 13.2 Å². The van der Waals surface area contributed by atoms with E-state index in [1.165, 1.54) is 18.6 Å². The van der Waals surface area contributed by atoms with Gasteiger partial charge in [0, 0.05) is 11.5 Å². The summed E-state index contributed by atoms with van der Waals surface area (Å²) in [6.07, 6.45) is 5.71.